The van der Waals surface area contributed by atoms with E-state index in [1.165, 1.54) is 0 Å². The summed E-state index contributed by atoms with van der Waals surface area (Å²) in [7, 11) is 0. The molecule has 0 aliphatic rings. The Balaban J connectivity index is 4.74. The lowest BCUT2D eigenvalue weighted by atomic mass is 9.82. The lowest BCUT2D eigenvalue weighted by molar-refractivity contribution is 0.684. The third-order valence-corrected chi connectivity index (χ3v) is 2.00. The molecule has 1 unspecified atom stereocenters. The average molecular weight is 162 g/mol. The van der Waals surface area contributed by atoms with Crippen LogP contribution in [0.4, 0.5) is 0 Å². The molecule has 0 saturated heterocycles. The molecule has 0 heterocycles. The fourth-order valence-electron chi connectivity index (χ4n) is 1.03. The van der Waals surface area contributed by atoms with Crippen LogP contribution >= 0.6 is 0 Å². The Labute approximate surface area is 76.0 Å². The van der Waals surface area contributed by atoms with Crippen molar-refractivity contribution in [3.05, 3.63) is 49.1 Å². The van der Waals surface area contributed by atoms with Crippen LogP contribution in [0.25, 0.3) is 0 Å². The molecule has 0 amide bonds. The van der Waals surface area contributed by atoms with Gasteiger partial charge in [0.15, 0.2) is 0 Å². The van der Waals surface area contributed by atoms with Gasteiger partial charge in [-0.1, -0.05) is 37.0 Å². The van der Waals surface area contributed by atoms with Crippen molar-refractivity contribution in [3.63, 3.8) is 0 Å². The second-order valence-corrected chi connectivity index (χ2v) is 3.01. The zero-order valence-corrected chi connectivity index (χ0v) is 8.30. The van der Waals surface area contributed by atoms with Gasteiger partial charge in [-0.15, -0.1) is 6.58 Å². The van der Waals surface area contributed by atoms with Crippen LogP contribution in [0.1, 0.15) is 20.8 Å². The topological polar surface area (TPSA) is 0 Å². The lowest BCUT2D eigenvalue weighted by Gasteiger charge is -2.22. The Morgan fingerprint density at radius 2 is 1.83 bits per heavy atom. The molecule has 0 nitrogen and oxygen atoms in total. The Bertz CT molecular complexity index is 218. The molecule has 0 aromatic rings. The van der Waals surface area contributed by atoms with Gasteiger partial charge in [0.2, 0.25) is 0 Å². The fraction of sp³-hybridized carbons (Fsp3) is 0.333. The van der Waals surface area contributed by atoms with E-state index in [2.05, 4.69) is 26.2 Å². The number of rotatable bonds is 4. The largest absolute Gasteiger partial charge is 0.102 e. The van der Waals surface area contributed by atoms with Crippen LogP contribution in [-0.2, 0) is 0 Å². The molecule has 0 aromatic carbocycles. The van der Waals surface area contributed by atoms with Gasteiger partial charge in [-0.2, -0.15) is 0 Å². The normalized spacial score (nSPS) is 16.6. The van der Waals surface area contributed by atoms with Gasteiger partial charge in [0.25, 0.3) is 0 Å². The maximum atomic E-state index is 4.00. The number of hydrogen-bond donors (Lipinski definition) is 0. The first kappa shape index (κ1) is 11.0. The van der Waals surface area contributed by atoms with E-state index < -0.39 is 0 Å². The van der Waals surface area contributed by atoms with E-state index in [1.54, 1.807) is 0 Å². The average Bonchev–Trinajstić information content (AvgIpc) is 2.05. The smallest absolute Gasteiger partial charge is 0.0275 e. The summed E-state index contributed by atoms with van der Waals surface area (Å²) < 4.78 is 0. The molecule has 0 spiro atoms. The van der Waals surface area contributed by atoms with Crippen LogP contribution in [0, 0.1) is 5.41 Å². The monoisotopic (exact) mass is 162 g/mol. The SMILES string of the molecule is C=CC(C)(C=CC)C(=C)C=CC. The van der Waals surface area contributed by atoms with Crippen molar-refractivity contribution in [2.24, 2.45) is 5.41 Å². The van der Waals surface area contributed by atoms with Gasteiger partial charge < -0.3 is 0 Å². The van der Waals surface area contributed by atoms with E-state index in [9.17, 15) is 0 Å². The molecule has 0 aliphatic carbocycles. The summed E-state index contributed by atoms with van der Waals surface area (Å²) in [6, 6.07) is 0. The van der Waals surface area contributed by atoms with Crippen LogP contribution < -0.4 is 0 Å². The predicted octanol–water partition coefficient (Wildman–Crippen LogP) is 3.89. The minimum atomic E-state index is -0.0960. The van der Waals surface area contributed by atoms with E-state index in [-0.39, 0.29) is 5.41 Å². The molecule has 0 fully saturated rings. The molecule has 0 aliphatic heterocycles. The molecule has 1 atom stereocenters. The fourth-order valence-corrected chi connectivity index (χ4v) is 1.03. The molecular weight excluding hydrogens is 144 g/mol. The summed E-state index contributed by atoms with van der Waals surface area (Å²) >= 11 is 0. The quantitative estimate of drug-likeness (QED) is 0.434. The Kier molecular flexibility index (Phi) is 4.35. The van der Waals surface area contributed by atoms with Gasteiger partial charge in [0.05, 0.1) is 0 Å². The summed E-state index contributed by atoms with van der Waals surface area (Å²) in [6.07, 6.45) is 10.0. The van der Waals surface area contributed by atoms with Crippen LogP contribution in [-0.4, -0.2) is 0 Å². The van der Waals surface area contributed by atoms with E-state index in [1.807, 2.05) is 38.2 Å². The Morgan fingerprint density at radius 1 is 1.25 bits per heavy atom. The summed E-state index contributed by atoms with van der Waals surface area (Å²) in [5.41, 5.74) is 0.972. The van der Waals surface area contributed by atoms with Crippen molar-refractivity contribution in [1.29, 1.82) is 0 Å². The highest BCUT2D eigenvalue weighted by Gasteiger charge is 2.17. The van der Waals surface area contributed by atoms with Crippen molar-refractivity contribution < 1.29 is 0 Å². The Hall–Kier alpha value is -1.04. The lowest BCUT2D eigenvalue weighted by Crippen LogP contribution is -2.10. The number of allylic oxidation sites excluding steroid dienone is 6. The molecule has 0 N–H and O–H groups in total. The second kappa shape index (κ2) is 4.76. The van der Waals surface area contributed by atoms with Gasteiger partial charge in [0.1, 0.15) is 0 Å². The summed E-state index contributed by atoms with van der Waals surface area (Å²) in [4.78, 5) is 0. The van der Waals surface area contributed by atoms with Crippen molar-refractivity contribution in [1.82, 2.24) is 0 Å². The highest BCUT2D eigenvalue weighted by molar-refractivity contribution is 5.32. The molecule has 0 heteroatoms. The van der Waals surface area contributed by atoms with Crippen molar-refractivity contribution in [2.45, 2.75) is 20.8 Å². The maximum absolute atomic E-state index is 4.00. The first-order valence-electron chi connectivity index (χ1n) is 4.20. The van der Waals surface area contributed by atoms with Gasteiger partial charge >= 0.3 is 0 Å². The van der Waals surface area contributed by atoms with Crippen LogP contribution in [0.2, 0.25) is 0 Å². The van der Waals surface area contributed by atoms with Crippen LogP contribution in [0.5, 0.6) is 0 Å². The highest BCUT2D eigenvalue weighted by Crippen LogP contribution is 2.29. The van der Waals surface area contributed by atoms with Gasteiger partial charge in [-0.3, -0.25) is 0 Å². The van der Waals surface area contributed by atoms with Crippen molar-refractivity contribution >= 4 is 0 Å². The summed E-state index contributed by atoms with van der Waals surface area (Å²) in [5, 5.41) is 0. The first-order chi connectivity index (χ1) is 5.60. The molecule has 0 bridgehead atoms. The molecule has 0 radical (unpaired) electrons. The van der Waals surface area contributed by atoms with E-state index in [0.717, 1.165) is 5.57 Å². The van der Waals surface area contributed by atoms with Gasteiger partial charge in [-0.25, -0.2) is 0 Å². The zero-order chi connectivity index (χ0) is 9.61. The third-order valence-electron chi connectivity index (χ3n) is 2.00. The van der Waals surface area contributed by atoms with Crippen LogP contribution in [0.3, 0.4) is 0 Å². The highest BCUT2D eigenvalue weighted by atomic mass is 14.2. The minimum Gasteiger partial charge on any atom is -0.102 e. The molecule has 12 heavy (non-hydrogen) atoms. The summed E-state index contributed by atoms with van der Waals surface area (Å²) in [6.45, 7) is 13.9. The minimum absolute atomic E-state index is 0.0960. The molecular formula is C12H18. The van der Waals surface area contributed by atoms with E-state index >= 15 is 0 Å². The Morgan fingerprint density at radius 3 is 2.17 bits per heavy atom. The molecule has 0 rings (SSSR count). The van der Waals surface area contributed by atoms with Gasteiger partial charge in [-0.05, 0) is 26.3 Å². The molecule has 0 aromatic heterocycles. The molecule has 66 valence electrons. The second-order valence-electron chi connectivity index (χ2n) is 3.01. The summed E-state index contributed by atoms with van der Waals surface area (Å²) in [5.74, 6) is 0. The third kappa shape index (κ3) is 2.54. The van der Waals surface area contributed by atoms with Crippen molar-refractivity contribution in [2.75, 3.05) is 0 Å². The predicted molar refractivity (Wildman–Crippen MR) is 57.1 cm³/mol. The maximum Gasteiger partial charge on any atom is 0.0275 e. The van der Waals surface area contributed by atoms with Crippen molar-refractivity contribution in [3.8, 4) is 0 Å². The van der Waals surface area contributed by atoms with E-state index in [4.69, 9.17) is 0 Å². The standard InChI is InChI=1S/C12H18/c1-6-9-11(4)12(5,8-3)10-7-2/h6-10H,3-4H2,1-2,5H3. The zero-order valence-electron chi connectivity index (χ0n) is 8.30. The molecule has 0 saturated carbocycles. The number of hydrogen-bond acceptors (Lipinski definition) is 0. The first-order valence-corrected chi connectivity index (χ1v) is 4.20. The van der Waals surface area contributed by atoms with E-state index in [0.29, 0.717) is 0 Å². The van der Waals surface area contributed by atoms with Gasteiger partial charge in [0, 0.05) is 5.41 Å². The van der Waals surface area contributed by atoms with Crippen LogP contribution in [0.15, 0.2) is 49.1 Å².